The highest BCUT2D eigenvalue weighted by Gasteiger charge is 2.45. The van der Waals surface area contributed by atoms with Gasteiger partial charge in [0.15, 0.2) is 0 Å². The maximum atomic E-state index is 12.8. The van der Waals surface area contributed by atoms with Crippen LogP contribution in [-0.4, -0.2) is 20.0 Å². The molecule has 1 aromatic carbocycles. The minimum Gasteiger partial charge on any atom is -0.342 e. The molecule has 1 N–H and O–H groups in total. The Hall–Kier alpha value is -2.74. The largest absolute Gasteiger partial charge is 0.342 e. The average Bonchev–Trinajstić information content (AvgIpc) is 3.45. The number of halogens is 1. The van der Waals surface area contributed by atoms with Gasteiger partial charge in [-0.2, -0.15) is 0 Å². The van der Waals surface area contributed by atoms with E-state index >= 15 is 0 Å². The van der Waals surface area contributed by atoms with Crippen molar-refractivity contribution < 1.29 is 4.79 Å². The van der Waals surface area contributed by atoms with Crippen LogP contribution in [0, 0.1) is 0 Å². The minimum atomic E-state index is -0.468. The molecule has 0 atom stereocenters. The molecule has 0 aliphatic heterocycles. The SMILES string of the molecule is Cn1c(=O)c2cc(C(=O)NC3(c4ccc(Br)cc4)CC3)cnc2n(C)c1=O. The molecule has 3 aromatic rings. The van der Waals surface area contributed by atoms with Gasteiger partial charge in [0.05, 0.1) is 16.5 Å². The number of nitrogens with one attached hydrogen (secondary N) is 1. The lowest BCUT2D eigenvalue weighted by atomic mass is 10.0. The summed E-state index contributed by atoms with van der Waals surface area (Å²) in [5, 5.41) is 3.31. The van der Waals surface area contributed by atoms with E-state index in [1.807, 2.05) is 24.3 Å². The van der Waals surface area contributed by atoms with Crippen LogP contribution in [0.4, 0.5) is 0 Å². The first-order valence-corrected chi connectivity index (χ1v) is 9.26. The zero-order valence-electron chi connectivity index (χ0n) is 14.8. The van der Waals surface area contributed by atoms with E-state index in [4.69, 9.17) is 0 Å². The van der Waals surface area contributed by atoms with Gasteiger partial charge in [0.25, 0.3) is 11.5 Å². The second-order valence-corrected chi connectivity index (χ2v) is 7.76. The first kappa shape index (κ1) is 17.7. The van der Waals surface area contributed by atoms with Crippen molar-refractivity contribution in [2.45, 2.75) is 18.4 Å². The lowest BCUT2D eigenvalue weighted by molar-refractivity contribution is 0.0930. The predicted octanol–water partition coefficient (Wildman–Crippen LogP) is 1.81. The van der Waals surface area contributed by atoms with E-state index < -0.39 is 11.2 Å². The number of carbonyl (C=O) groups excluding carboxylic acids is 1. The van der Waals surface area contributed by atoms with Gasteiger partial charge in [-0.15, -0.1) is 0 Å². The minimum absolute atomic E-state index is 0.237. The molecule has 2 aromatic heterocycles. The molecule has 2 heterocycles. The molecule has 7 nitrogen and oxygen atoms in total. The Morgan fingerprint density at radius 3 is 2.44 bits per heavy atom. The van der Waals surface area contributed by atoms with Crippen LogP contribution in [0.2, 0.25) is 0 Å². The lowest BCUT2D eigenvalue weighted by Crippen LogP contribution is -2.38. The van der Waals surface area contributed by atoms with Gasteiger partial charge < -0.3 is 5.32 Å². The smallest absolute Gasteiger partial charge is 0.332 e. The number of hydrogen-bond donors (Lipinski definition) is 1. The standard InChI is InChI=1S/C19H17BrN4O3/c1-23-15-14(17(26)24(2)18(23)27)9-11(10-21-15)16(25)22-19(7-8-19)12-3-5-13(20)6-4-12/h3-6,9-10H,7-8H2,1-2H3,(H,22,25). The molecule has 4 rings (SSSR count). The number of carbonyl (C=O) groups is 1. The van der Waals surface area contributed by atoms with Crippen molar-refractivity contribution in [3.8, 4) is 0 Å². The normalized spacial score (nSPS) is 14.9. The monoisotopic (exact) mass is 428 g/mol. The Morgan fingerprint density at radius 1 is 1.15 bits per heavy atom. The van der Waals surface area contributed by atoms with Gasteiger partial charge in [-0.1, -0.05) is 28.1 Å². The van der Waals surface area contributed by atoms with E-state index in [1.165, 1.54) is 23.9 Å². The third-order valence-corrected chi connectivity index (χ3v) is 5.58. The molecule has 1 aliphatic carbocycles. The van der Waals surface area contributed by atoms with E-state index in [0.717, 1.165) is 27.4 Å². The first-order chi connectivity index (χ1) is 12.8. The summed E-state index contributed by atoms with van der Waals surface area (Å²) in [5.41, 5.74) is 0.302. The molecule has 8 heteroatoms. The van der Waals surface area contributed by atoms with Gasteiger partial charge in [-0.25, -0.2) is 9.78 Å². The van der Waals surface area contributed by atoms with Crippen molar-refractivity contribution >= 4 is 32.9 Å². The summed E-state index contributed by atoms with van der Waals surface area (Å²) in [6.45, 7) is 0. The van der Waals surface area contributed by atoms with E-state index in [1.54, 1.807) is 7.05 Å². The van der Waals surface area contributed by atoms with Crippen LogP contribution >= 0.6 is 15.9 Å². The quantitative estimate of drug-likeness (QED) is 0.689. The van der Waals surface area contributed by atoms with Crippen LogP contribution in [0.15, 0.2) is 50.6 Å². The molecule has 0 spiro atoms. The number of pyridine rings is 1. The summed E-state index contributed by atoms with van der Waals surface area (Å²) < 4.78 is 3.28. The Bertz CT molecular complexity index is 1190. The van der Waals surface area contributed by atoms with Gasteiger partial charge in [0, 0.05) is 24.8 Å². The van der Waals surface area contributed by atoms with Crippen molar-refractivity contribution in [3.63, 3.8) is 0 Å². The number of nitrogens with zero attached hydrogens (tertiary/aromatic N) is 3. The van der Waals surface area contributed by atoms with Crippen LogP contribution in [0.25, 0.3) is 11.0 Å². The molecule has 1 aliphatic rings. The van der Waals surface area contributed by atoms with Crippen LogP contribution in [0.5, 0.6) is 0 Å². The fourth-order valence-electron chi connectivity index (χ4n) is 3.26. The highest BCUT2D eigenvalue weighted by Crippen LogP contribution is 2.45. The van der Waals surface area contributed by atoms with Crippen LogP contribution in [0.3, 0.4) is 0 Å². The van der Waals surface area contributed by atoms with Crippen molar-refractivity contribution in [2.24, 2.45) is 14.1 Å². The fraction of sp³-hybridized carbons (Fsp3) is 0.263. The van der Waals surface area contributed by atoms with Crippen molar-refractivity contribution in [1.29, 1.82) is 0 Å². The van der Waals surface area contributed by atoms with Crippen LogP contribution in [0.1, 0.15) is 28.8 Å². The van der Waals surface area contributed by atoms with Gasteiger partial charge >= 0.3 is 5.69 Å². The van der Waals surface area contributed by atoms with E-state index in [2.05, 4.69) is 26.2 Å². The molecule has 1 saturated carbocycles. The molecular weight excluding hydrogens is 412 g/mol. The average molecular weight is 429 g/mol. The summed E-state index contributed by atoms with van der Waals surface area (Å²) in [5.74, 6) is -0.291. The highest BCUT2D eigenvalue weighted by atomic mass is 79.9. The van der Waals surface area contributed by atoms with Crippen LogP contribution < -0.4 is 16.6 Å². The van der Waals surface area contributed by atoms with Gasteiger partial charge in [0.2, 0.25) is 0 Å². The summed E-state index contributed by atoms with van der Waals surface area (Å²) in [7, 11) is 2.95. The zero-order chi connectivity index (χ0) is 19.3. The molecule has 0 bridgehead atoms. The molecule has 1 amide bonds. The molecule has 1 fully saturated rings. The third-order valence-electron chi connectivity index (χ3n) is 5.06. The van der Waals surface area contributed by atoms with Crippen molar-refractivity contribution in [1.82, 2.24) is 19.4 Å². The Morgan fingerprint density at radius 2 is 1.81 bits per heavy atom. The summed E-state index contributed by atoms with van der Waals surface area (Å²) in [6.07, 6.45) is 3.11. The second kappa shape index (κ2) is 6.16. The second-order valence-electron chi connectivity index (χ2n) is 6.84. The molecule has 138 valence electrons. The number of aryl methyl sites for hydroxylation is 1. The maximum absolute atomic E-state index is 12.8. The molecule has 0 radical (unpaired) electrons. The first-order valence-electron chi connectivity index (χ1n) is 8.47. The summed E-state index contributed by atoms with van der Waals surface area (Å²) in [4.78, 5) is 41.4. The van der Waals surface area contributed by atoms with Crippen molar-refractivity contribution in [2.75, 3.05) is 0 Å². The van der Waals surface area contributed by atoms with E-state index in [-0.39, 0.29) is 22.5 Å². The number of aromatic nitrogens is 3. The summed E-state index contributed by atoms with van der Waals surface area (Å²) >= 11 is 3.42. The molecule has 0 unspecified atom stereocenters. The van der Waals surface area contributed by atoms with E-state index in [9.17, 15) is 14.4 Å². The van der Waals surface area contributed by atoms with Gasteiger partial charge in [0.1, 0.15) is 5.65 Å². The third kappa shape index (κ3) is 2.90. The number of hydrogen-bond acceptors (Lipinski definition) is 4. The Balaban J connectivity index is 1.70. The Labute approximate surface area is 162 Å². The number of fused-ring (bicyclic) bond motifs is 1. The Kier molecular flexibility index (Phi) is 4.03. The molecule has 0 saturated heterocycles. The number of rotatable bonds is 3. The van der Waals surface area contributed by atoms with Gasteiger partial charge in [-0.05, 0) is 36.6 Å². The van der Waals surface area contributed by atoms with Gasteiger partial charge in [-0.3, -0.25) is 18.7 Å². The number of amides is 1. The topological polar surface area (TPSA) is 86.0 Å². The lowest BCUT2D eigenvalue weighted by Gasteiger charge is -2.18. The maximum Gasteiger partial charge on any atom is 0.332 e. The number of benzene rings is 1. The predicted molar refractivity (Wildman–Crippen MR) is 105 cm³/mol. The van der Waals surface area contributed by atoms with Crippen molar-refractivity contribution in [3.05, 3.63) is 73.0 Å². The molecule has 27 heavy (non-hydrogen) atoms. The van der Waals surface area contributed by atoms with E-state index in [0.29, 0.717) is 5.56 Å². The highest BCUT2D eigenvalue weighted by molar-refractivity contribution is 9.10. The van der Waals surface area contributed by atoms with Crippen LogP contribution in [-0.2, 0) is 19.6 Å². The fourth-order valence-corrected chi connectivity index (χ4v) is 3.52. The molecular formula is C19H17BrN4O3. The zero-order valence-corrected chi connectivity index (χ0v) is 16.4. The summed E-state index contributed by atoms with van der Waals surface area (Å²) in [6, 6.07) is 9.37.